The van der Waals surface area contributed by atoms with Crippen LogP contribution in [0.5, 0.6) is 0 Å². The van der Waals surface area contributed by atoms with Crippen LogP contribution in [-0.2, 0) is 19.7 Å². The second-order valence-electron chi connectivity index (χ2n) is 4.90. The molecule has 2 atom stereocenters. The molecule has 0 saturated carbocycles. The fraction of sp³-hybridized carbons (Fsp3) is 0.467. The Morgan fingerprint density at radius 2 is 2.00 bits per heavy atom. The summed E-state index contributed by atoms with van der Waals surface area (Å²) in [5.74, 6) is -3.82. The Hall–Kier alpha value is -1.95. The average molecular weight is 298 g/mol. The Morgan fingerprint density at radius 1 is 1.38 bits per heavy atom. The number of aliphatic carboxylic acids is 1. The number of halogens is 1. The zero-order valence-corrected chi connectivity index (χ0v) is 12.0. The SMILES string of the molecule is CCOC(=O)C(CC(C)CO)(C(=O)O)c1ccccc1F. The average Bonchev–Trinajstić information content (AvgIpc) is 2.45. The zero-order valence-electron chi connectivity index (χ0n) is 12.0. The van der Waals surface area contributed by atoms with E-state index in [4.69, 9.17) is 9.84 Å². The smallest absolute Gasteiger partial charge is 0.328 e. The fourth-order valence-corrected chi connectivity index (χ4v) is 2.24. The first-order valence-electron chi connectivity index (χ1n) is 6.66. The fourth-order valence-electron chi connectivity index (χ4n) is 2.24. The minimum absolute atomic E-state index is 0.0180. The van der Waals surface area contributed by atoms with Crippen LogP contribution >= 0.6 is 0 Å². The van der Waals surface area contributed by atoms with Crippen LogP contribution < -0.4 is 0 Å². The molecule has 2 N–H and O–H groups in total. The van der Waals surface area contributed by atoms with Gasteiger partial charge in [0.15, 0.2) is 5.41 Å². The van der Waals surface area contributed by atoms with E-state index in [2.05, 4.69) is 0 Å². The topological polar surface area (TPSA) is 83.8 Å². The quantitative estimate of drug-likeness (QED) is 0.591. The molecule has 116 valence electrons. The van der Waals surface area contributed by atoms with E-state index in [1.54, 1.807) is 13.8 Å². The van der Waals surface area contributed by atoms with E-state index >= 15 is 0 Å². The molecular weight excluding hydrogens is 279 g/mol. The Bertz CT molecular complexity index is 517. The molecule has 0 radical (unpaired) electrons. The summed E-state index contributed by atoms with van der Waals surface area (Å²) < 4.78 is 18.9. The van der Waals surface area contributed by atoms with Crippen LogP contribution in [0.15, 0.2) is 24.3 Å². The maximum Gasteiger partial charge on any atom is 0.328 e. The van der Waals surface area contributed by atoms with E-state index < -0.39 is 29.1 Å². The third-order valence-corrected chi connectivity index (χ3v) is 3.29. The minimum Gasteiger partial charge on any atom is -0.480 e. The number of carboxylic acids is 1. The van der Waals surface area contributed by atoms with Crippen molar-refractivity contribution in [1.82, 2.24) is 0 Å². The number of rotatable bonds is 7. The molecule has 0 saturated heterocycles. The molecule has 1 aromatic carbocycles. The normalized spacial score (nSPS) is 15.0. The summed E-state index contributed by atoms with van der Waals surface area (Å²) in [5.41, 5.74) is -2.42. The van der Waals surface area contributed by atoms with Crippen LogP contribution in [0.25, 0.3) is 0 Å². The first kappa shape index (κ1) is 17.1. The highest BCUT2D eigenvalue weighted by molar-refractivity contribution is 6.05. The van der Waals surface area contributed by atoms with E-state index in [9.17, 15) is 19.1 Å². The van der Waals surface area contributed by atoms with Crippen LogP contribution in [-0.4, -0.2) is 35.4 Å². The third-order valence-electron chi connectivity index (χ3n) is 3.29. The van der Waals surface area contributed by atoms with Crippen LogP contribution in [0, 0.1) is 11.7 Å². The number of aliphatic hydroxyl groups is 1. The van der Waals surface area contributed by atoms with Crippen LogP contribution in [0.1, 0.15) is 25.8 Å². The van der Waals surface area contributed by atoms with Crippen molar-refractivity contribution < 1.29 is 28.9 Å². The molecule has 6 heteroatoms. The Morgan fingerprint density at radius 3 is 2.48 bits per heavy atom. The molecule has 1 rings (SSSR count). The van der Waals surface area contributed by atoms with Gasteiger partial charge in [0, 0.05) is 12.2 Å². The lowest BCUT2D eigenvalue weighted by molar-refractivity contribution is -0.163. The Balaban J connectivity index is 3.48. The van der Waals surface area contributed by atoms with Crippen molar-refractivity contribution in [2.75, 3.05) is 13.2 Å². The molecule has 0 spiro atoms. The van der Waals surface area contributed by atoms with Gasteiger partial charge >= 0.3 is 11.9 Å². The van der Waals surface area contributed by atoms with Gasteiger partial charge in [-0.3, -0.25) is 9.59 Å². The molecule has 0 aliphatic rings. The number of esters is 1. The third kappa shape index (κ3) is 3.39. The predicted octanol–water partition coefficient (Wildman–Crippen LogP) is 1.73. The van der Waals surface area contributed by atoms with Crippen molar-refractivity contribution in [3.8, 4) is 0 Å². The van der Waals surface area contributed by atoms with E-state index in [0.717, 1.165) is 6.07 Å². The molecule has 0 bridgehead atoms. The van der Waals surface area contributed by atoms with Crippen LogP contribution in [0.4, 0.5) is 4.39 Å². The molecule has 0 fully saturated rings. The van der Waals surface area contributed by atoms with Gasteiger partial charge in [-0.05, 0) is 25.3 Å². The lowest BCUT2D eigenvalue weighted by Crippen LogP contribution is -2.47. The Kier molecular flexibility index (Phi) is 5.84. The van der Waals surface area contributed by atoms with Gasteiger partial charge in [-0.25, -0.2) is 4.39 Å². The maximum absolute atomic E-state index is 14.1. The first-order chi connectivity index (χ1) is 9.90. The minimum atomic E-state index is -2.16. The van der Waals surface area contributed by atoms with E-state index in [0.29, 0.717) is 0 Å². The van der Waals surface area contributed by atoms with Gasteiger partial charge in [0.25, 0.3) is 0 Å². The molecule has 0 aromatic heterocycles. The van der Waals surface area contributed by atoms with Crippen LogP contribution in [0.2, 0.25) is 0 Å². The zero-order chi connectivity index (χ0) is 16.0. The summed E-state index contributed by atoms with van der Waals surface area (Å²) in [6.07, 6.45) is -0.251. The number of carboxylic acid groups (broad SMARTS) is 1. The molecule has 2 unspecified atom stereocenters. The van der Waals surface area contributed by atoms with Gasteiger partial charge in [-0.1, -0.05) is 25.1 Å². The summed E-state index contributed by atoms with van der Waals surface area (Å²) in [5, 5.41) is 18.8. The summed E-state index contributed by atoms with van der Waals surface area (Å²) in [4.78, 5) is 24.1. The molecule has 0 amide bonds. The number of benzene rings is 1. The lowest BCUT2D eigenvalue weighted by atomic mass is 9.73. The van der Waals surface area contributed by atoms with Gasteiger partial charge in [0.2, 0.25) is 0 Å². The van der Waals surface area contributed by atoms with E-state index in [-0.39, 0.29) is 25.2 Å². The monoisotopic (exact) mass is 298 g/mol. The van der Waals surface area contributed by atoms with E-state index in [1.165, 1.54) is 18.2 Å². The second-order valence-corrected chi connectivity index (χ2v) is 4.90. The standard InChI is InChI=1S/C15H19FO5/c1-3-21-14(20)15(13(18)19,8-10(2)9-17)11-6-4-5-7-12(11)16/h4-7,10,17H,3,8-9H2,1-2H3,(H,18,19). The van der Waals surface area contributed by atoms with Crippen molar-refractivity contribution in [2.45, 2.75) is 25.7 Å². The van der Waals surface area contributed by atoms with Crippen molar-refractivity contribution in [3.63, 3.8) is 0 Å². The van der Waals surface area contributed by atoms with Gasteiger partial charge in [0.1, 0.15) is 5.82 Å². The molecule has 0 aliphatic carbocycles. The predicted molar refractivity (Wildman–Crippen MR) is 73.2 cm³/mol. The molecule has 1 aromatic rings. The number of ether oxygens (including phenoxy) is 1. The van der Waals surface area contributed by atoms with Gasteiger partial charge < -0.3 is 14.9 Å². The van der Waals surface area contributed by atoms with Gasteiger partial charge in [0.05, 0.1) is 6.61 Å². The van der Waals surface area contributed by atoms with E-state index in [1.807, 2.05) is 0 Å². The summed E-state index contributed by atoms with van der Waals surface area (Å²) in [7, 11) is 0. The largest absolute Gasteiger partial charge is 0.480 e. The lowest BCUT2D eigenvalue weighted by Gasteiger charge is -2.30. The van der Waals surface area contributed by atoms with Gasteiger partial charge in [-0.15, -0.1) is 0 Å². The molecular formula is C15H19FO5. The number of carbonyl (C=O) groups is 2. The molecule has 21 heavy (non-hydrogen) atoms. The maximum atomic E-state index is 14.1. The number of carbonyl (C=O) groups excluding carboxylic acids is 1. The van der Waals surface area contributed by atoms with Crippen molar-refractivity contribution >= 4 is 11.9 Å². The highest BCUT2D eigenvalue weighted by Crippen LogP contribution is 2.35. The number of hydrogen-bond donors (Lipinski definition) is 2. The molecule has 5 nitrogen and oxygen atoms in total. The Labute approximate surface area is 122 Å². The summed E-state index contributed by atoms with van der Waals surface area (Å²) in [6, 6.07) is 5.21. The van der Waals surface area contributed by atoms with Crippen LogP contribution in [0.3, 0.4) is 0 Å². The summed E-state index contributed by atoms with van der Waals surface area (Å²) >= 11 is 0. The van der Waals surface area contributed by atoms with Crippen molar-refractivity contribution in [2.24, 2.45) is 5.92 Å². The molecule has 0 aliphatic heterocycles. The first-order valence-corrected chi connectivity index (χ1v) is 6.66. The van der Waals surface area contributed by atoms with Gasteiger partial charge in [-0.2, -0.15) is 0 Å². The van der Waals surface area contributed by atoms with Crippen molar-refractivity contribution in [3.05, 3.63) is 35.6 Å². The second kappa shape index (κ2) is 7.17. The number of aliphatic hydroxyl groups excluding tert-OH is 1. The highest BCUT2D eigenvalue weighted by atomic mass is 19.1. The number of hydrogen-bond acceptors (Lipinski definition) is 4. The highest BCUT2D eigenvalue weighted by Gasteiger charge is 2.51. The molecule has 0 heterocycles. The van der Waals surface area contributed by atoms with Crippen molar-refractivity contribution in [1.29, 1.82) is 0 Å². The summed E-state index contributed by atoms with van der Waals surface area (Å²) in [6.45, 7) is 2.79.